The summed E-state index contributed by atoms with van der Waals surface area (Å²) >= 11 is 0. The Morgan fingerprint density at radius 2 is 1.67 bits per heavy atom. The predicted molar refractivity (Wildman–Crippen MR) is 54.5 cm³/mol. The molecule has 0 heterocycles. The summed E-state index contributed by atoms with van der Waals surface area (Å²) in [7, 11) is 0. The summed E-state index contributed by atoms with van der Waals surface area (Å²) in [6.07, 6.45) is 1.98. The van der Waals surface area contributed by atoms with E-state index in [0.29, 0.717) is 5.92 Å². The van der Waals surface area contributed by atoms with Crippen molar-refractivity contribution in [2.75, 3.05) is 0 Å². The molecular formula is C12H16. The highest BCUT2D eigenvalue weighted by Crippen LogP contribution is 2.18. The van der Waals surface area contributed by atoms with Crippen LogP contribution in [-0.4, -0.2) is 0 Å². The third-order valence-electron chi connectivity index (χ3n) is 2.12. The second kappa shape index (κ2) is 3.57. The molecule has 0 heteroatoms. The zero-order chi connectivity index (χ0) is 9.14. The molecule has 0 spiro atoms. The molecule has 12 heavy (non-hydrogen) atoms. The Labute approximate surface area is 74.9 Å². The fourth-order valence-electron chi connectivity index (χ4n) is 1.41. The molecule has 0 N–H and O–H groups in total. The molecule has 1 unspecified atom stereocenters. The summed E-state index contributed by atoms with van der Waals surface area (Å²) < 4.78 is 0. The normalized spacial score (nSPS) is 12.6. The van der Waals surface area contributed by atoms with Gasteiger partial charge in [-0.25, -0.2) is 0 Å². The van der Waals surface area contributed by atoms with E-state index in [1.807, 2.05) is 6.08 Å². The third kappa shape index (κ3) is 1.97. The van der Waals surface area contributed by atoms with Gasteiger partial charge in [0.15, 0.2) is 0 Å². The van der Waals surface area contributed by atoms with Gasteiger partial charge in [0.2, 0.25) is 0 Å². The maximum absolute atomic E-state index is 3.80. The molecule has 0 fully saturated rings. The molecule has 0 nitrogen and oxygen atoms in total. The number of rotatable bonds is 2. The van der Waals surface area contributed by atoms with E-state index in [0.717, 1.165) is 0 Å². The molecule has 0 radical (unpaired) electrons. The summed E-state index contributed by atoms with van der Waals surface area (Å²) in [4.78, 5) is 0. The minimum atomic E-state index is 0.462. The van der Waals surface area contributed by atoms with Gasteiger partial charge in [0.1, 0.15) is 0 Å². The highest BCUT2D eigenvalue weighted by atomic mass is 14.1. The van der Waals surface area contributed by atoms with Crippen molar-refractivity contribution in [1.82, 2.24) is 0 Å². The summed E-state index contributed by atoms with van der Waals surface area (Å²) in [5, 5.41) is 0. The van der Waals surface area contributed by atoms with E-state index in [4.69, 9.17) is 0 Å². The molecule has 0 aromatic heterocycles. The Kier molecular flexibility index (Phi) is 2.69. The van der Waals surface area contributed by atoms with Gasteiger partial charge >= 0.3 is 0 Å². The van der Waals surface area contributed by atoms with E-state index in [1.165, 1.54) is 16.7 Å². The van der Waals surface area contributed by atoms with E-state index in [9.17, 15) is 0 Å². The lowest BCUT2D eigenvalue weighted by Crippen LogP contribution is -1.90. The van der Waals surface area contributed by atoms with Gasteiger partial charge in [-0.3, -0.25) is 0 Å². The maximum Gasteiger partial charge on any atom is -0.00129 e. The zero-order valence-electron chi connectivity index (χ0n) is 8.09. The first-order chi connectivity index (χ1) is 5.63. The van der Waals surface area contributed by atoms with Gasteiger partial charge in [-0.05, 0) is 25.3 Å². The van der Waals surface area contributed by atoms with Crippen LogP contribution in [0.5, 0.6) is 0 Å². The van der Waals surface area contributed by atoms with Crippen LogP contribution in [-0.2, 0) is 0 Å². The van der Waals surface area contributed by atoms with Crippen LogP contribution in [0.25, 0.3) is 0 Å². The monoisotopic (exact) mass is 160 g/mol. The molecule has 1 rings (SSSR count). The molecule has 0 aliphatic rings. The average molecular weight is 160 g/mol. The Balaban J connectivity index is 3.08. The molecule has 1 aromatic rings. The van der Waals surface area contributed by atoms with Crippen LogP contribution in [0.15, 0.2) is 30.9 Å². The number of benzene rings is 1. The third-order valence-corrected chi connectivity index (χ3v) is 2.12. The maximum atomic E-state index is 3.80. The van der Waals surface area contributed by atoms with Crippen LogP contribution in [0.4, 0.5) is 0 Å². The topological polar surface area (TPSA) is 0 Å². The lowest BCUT2D eigenvalue weighted by molar-refractivity contribution is 0.964. The quantitative estimate of drug-likeness (QED) is 0.580. The van der Waals surface area contributed by atoms with Crippen molar-refractivity contribution in [2.24, 2.45) is 0 Å². The van der Waals surface area contributed by atoms with E-state index >= 15 is 0 Å². The smallest absolute Gasteiger partial charge is 0.00129 e. The van der Waals surface area contributed by atoms with Crippen molar-refractivity contribution in [3.63, 3.8) is 0 Å². The first-order valence-electron chi connectivity index (χ1n) is 4.34. The molecule has 0 aliphatic carbocycles. The molecule has 0 aliphatic heterocycles. The second-order valence-corrected chi connectivity index (χ2v) is 3.45. The van der Waals surface area contributed by atoms with Crippen LogP contribution in [0.1, 0.15) is 29.5 Å². The predicted octanol–water partition coefficient (Wildman–Crippen LogP) is 3.59. The van der Waals surface area contributed by atoms with Crippen LogP contribution >= 0.6 is 0 Å². The number of hydrogen-bond donors (Lipinski definition) is 0. The van der Waals surface area contributed by atoms with E-state index in [2.05, 4.69) is 45.5 Å². The summed E-state index contributed by atoms with van der Waals surface area (Å²) in [6, 6.07) is 6.64. The Morgan fingerprint density at radius 1 is 1.17 bits per heavy atom. The summed E-state index contributed by atoms with van der Waals surface area (Å²) in [6.45, 7) is 10.2. The van der Waals surface area contributed by atoms with Crippen LogP contribution < -0.4 is 0 Å². The molecule has 64 valence electrons. The minimum Gasteiger partial charge on any atom is -0.102 e. The Morgan fingerprint density at radius 3 is 2.08 bits per heavy atom. The van der Waals surface area contributed by atoms with Crippen molar-refractivity contribution in [1.29, 1.82) is 0 Å². The SMILES string of the molecule is C=CC(C)c1cc(C)cc(C)c1. The zero-order valence-corrected chi connectivity index (χ0v) is 8.09. The molecule has 1 atom stereocenters. The van der Waals surface area contributed by atoms with E-state index in [-0.39, 0.29) is 0 Å². The lowest BCUT2D eigenvalue weighted by Gasteiger charge is -2.08. The van der Waals surface area contributed by atoms with Gasteiger partial charge in [-0.2, -0.15) is 0 Å². The van der Waals surface area contributed by atoms with Crippen LogP contribution in [0.2, 0.25) is 0 Å². The van der Waals surface area contributed by atoms with Gasteiger partial charge in [0.25, 0.3) is 0 Å². The fraction of sp³-hybridized carbons (Fsp3) is 0.333. The minimum absolute atomic E-state index is 0.462. The van der Waals surface area contributed by atoms with Crippen LogP contribution in [0, 0.1) is 13.8 Å². The highest BCUT2D eigenvalue weighted by Gasteiger charge is 2.01. The first kappa shape index (κ1) is 9.05. The number of allylic oxidation sites excluding steroid dienone is 1. The largest absolute Gasteiger partial charge is 0.102 e. The van der Waals surface area contributed by atoms with Gasteiger partial charge < -0.3 is 0 Å². The van der Waals surface area contributed by atoms with Crippen molar-refractivity contribution in [2.45, 2.75) is 26.7 Å². The molecule has 0 bridgehead atoms. The summed E-state index contributed by atoms with van der Waals surface area (Å²) in [5.41, 5.74) is 4.03. The molecule has 0 saturated heterocycles. The summed E-state index contributed by atoms with van der Waals surface area (Å²) in [5.74, 6) is 0.462. The van der Waals surface area contributed by atoms with Gasteiger partial charge in [-0.15, -0.1) is 6.58 Å². The van der Waals surface area contributed by atoms with Gasteiger partial charge in [0, 0.05) is 0 Å². The number of hydrogen-bond acceptors (Lipinski definition) is 0. The van der Waals surface area contributed by atoms with Crippen molar-refractivity contribution < 1.29 is 0 Å². The van der Waals surface area contributed by atoms with E-state index in [1.54, 1.807) is 0 Å². The Bertz CT molecular complexity index is 264. The van der Waals surface area contributed by atoms with Crippen molar-refractivity contribution in [3.8, 4) is 0 Å². The standard InChI is InChI=1S/C12H16/c1-5-11(4)12-7-9(2)6-10(3)8-12/h5-8,11H,1H2,2-4H3. The second-order valence-electron chi connectivity index (χ2n) is 3.45. The van der Waals surface area contributed by atoms with Crippen molar-refractivity contribution >= 4 is 0 Å². The average Bonchev–Trinajstić information content (AvgIpc) is 2.01. The highest BCUT2D eigenvalue weighted by molar-refractivity contribution is 5.32. The molecular weight excluding hydrogens is 144 g/mol. The van der Waals surface area contributed by atoms with Crippen molar-refractivity contribution in [3.05, 3.63) is 47.5 Å². The Hall–Kier alpha value is -1.04. The van der Waals surface area contributed by atoms with E-state index < -0.39 is 0 Å². The first-order valence-corrected chi connectivity index (χ1v) is 4.34. The van der Waals surface area contributed by atoms with Gasteiger partial charge in [0.05, 0.1) is 0 Å². The lowest BCUT2D eigenvalue weighted by atomic mass is 9.97. The number of aryl methyl sites for hydroxylation is 2. The van der Waals surface area contributed by atoms with Gasteiger partial charge in [-0.1, -0.05) is 42.3 Å². The van der Waals surface area contributed by atoms with Crippen LogP contribution in [0.3, 0.4) is 0 Å². The molecule has 1 aromatic carbocycles. The fourth-order valence-corrected chi connectivity index (χ4v) is 1.41. The molecule has 0 amide bonds. The molecule has 0 saturated carbocycles.